The first-order chi connectivity index (χ1) is 11.3. The van der Waals surface area contributed by atoms with Crippen molar-refractivity contribution in [1.82, 2.24) is 9.88 Å². The summed E-state index contributed by atoms with van der Waals surface area (Å²) in [6, 6.07) is 15.1. The summed E-state index contributed by atoms with van der Waals surface area (Å²) >= 11 is 0. The number of piperidine rings is 1. The van der Waals surface area contributed by atoms with Crippen LogP contribution < -0.4 is 10.6 Å². The second-order valence-corrected chi connectivity index (χ2v) is 6.20. The first-order valence-electron chi connectivity index (χ1n) is 8.51. The molecule has 1 aliphatic rings. The molecule has 23 heavy (non-hydrogen) atoms. The van der Waals surface area contributed by atoms with Crippen LogP contribution in [0.5, 0.6) is 0 Å². The molecule has 0 aliphatic carbocycles. The maximum absolute atomic E-state index is 6.12. The molecular weight excluding hydrogens is 284 g/mol. The molecule has 2 aromatic rings. The minimum atomic E-state index is 0.532. The van der Waals surface area contributed by atoms with Gasteiger partial charge in [-0.2, -0.15) is 0 Å². The molecule has 0 spiro atoms. The second-order valence-electron chi connectivity index (χ2n) is 6.20. The lowest BCUT2D eigenvalue weighted by Gasteiger charge is -2.39. The molecule has 2 heterocycles. The van der Waals surface area contributed by atoms with Crippen LogP contribution in [0.4, 0.5) is 11.5 Å². The molecular formula is C19H26N4. The van der Waals surface area contributed by atoms with Gasteiger partial charge in [0.25, 0.3) is 0 Å². The van der Waals surface area contributed by atoms with Gasteiger partial charge in [-0.25, -0.2) is 4.98 Å². The SMILES string of the molecule is CCN(c1ncccc1N)C1CCN(Cc2ccccc2)CC1. The van der Waals surface area contributed by atoms with Gasteiger partial charge in [-0.1, -0.05) is 30.3 Å². The van der Waals surface area contributed by atoms with E-state index < -0.39 is 0 Å². The number of nitrogen functional groups attached to an aromatic ring is 1. The number of likely N-dealkylation sites (tertiary alicyclic amines) is 1. The molecule has 0 bridgehead atoms. The van der Waals surface area contributed by atoms with Gasteiger partial charge in [-0.15, -0.1) is 0 Å². The molecule has 1 aliphatic heterocycles. The number of anilines is 2. The van der Waals surface area contributed by atoms with Gasteiger partial charge < -0.3 is 10.6 Å². The highest BCUT2D eigenvalue weighted by molar-refractivity contribution is 5.62. The Kier molecular flexibility index (Phi) is 5.13. The number of nitrogens with two attached hydrogens (primary N) is 1. The van der Waals surface area contributed by atoms with Crippen molar-refractivity contribution in [2.24, 2.45) is 0 Å². The molecule has 0 radical (unpaired) electrons. The van der Waals surface area contributed by atoms with Crippen molar-refractivity contribution in [3.63, 3.8) is 0 Å². The topological polar surface area (TPSA) is 45.4 Å². The van der Waals surface area contributed by atoms with E-state index in [2.05, 4.69) is 52.0 Å². The van der Waals surface area contributed by atoms with Gasteiger partial charge in [0, 0.05) is 38.4 Å². The van der Waals surface area contributed by atoms with E-state index in [4.69, 9.17) is 5.73 Å². The minimum Gasteiger partial charge on any atom is -0.396 e. The lowest BCUT2D eigenvalue weighted by Crippen LogP contribution is -2.45. The van der Waals surface area contributed by atoms with E-state index >= 15 is 0 Å². The quantitative estimate of drug-likeness (QED) is 0.921. The third-order valence-electron chi connectivity index (χ3n) is 4.68. The summed E-state index contributed by atoms with van der Waals surface area (Å²) in [4.78, 5) is 9.41. The number of hydrogen-bond donors (Lipinski definition) is 1. The van der Waals surface area contributed by atoms with E-state index in [0.29, 0.717) is 6.04 Å². The van der Waals surface area contributed by atoms with E-state index in [0.717, 1.165) is 50.5 Å². The van der Waals surface area contributed by atoms with Crippen LogP contribution in [0.3, 0.4) is 0 Å². The van der Waals surface area contributed by atoms with Crippen molar-refractivity contribution in [2.45, 2.75) is 32.4 Å². The van der Waals surface area contributed by atoms with Crippen LogP contribution in [0.2, 0.25) is 0 Å². The Labute approximate surface area is 138 Å². The van der Waals surface area contributed by atoms with Gasteiger partial charge in [0.2, 0.25) is 0 Å². The maximum Gasteiger partial charge on any atom is 0.151 e. The van der Waals surface area contributed by atoms with Gasteiger partial charge in [-0.3, -0.25) is 4.90 Å². The highest BCUT2D eigenvalue weighted by Gasteiger charge is 2.25. The predicted octanol–water partition coefficient (Wildman–Crippen LogP) is 3.15. The molecule has 3 rings (SSSR count). The summed E-state index contributed by atoms with van der Waals surface area (Å²) in [5, 5.41) is 0. The lowest BCUT2D eigenvalue weighted by atomic mass is 10.0. The summed E-state index contributed by atoms with van der Waals surface area (Å²) in [6.45, 7) is 6.44. The van der Waals surface area contributed by atoms with Gasteiger partial charge in [0.15, 0.2) is 5.82 Å². The van der Waals surface area contributed by atoms with Crippen molar-refractivity contribution in [2.75, 3.05) is 30.3 Å². The molecule has 122 valence electrons. The molecule has 1 fully saturated rings. The number of benzene rings is 1. The summed E-state index contributed by atoms with van der Waals surface area (Å²) in [6.07, 6.45) is 4.16. The third kappa shape index (κ3) is 3.82. The fraction of sp³-hybridized carbons (Fsp3) is 0.421. The molecule has 1 aromatic carbocycles. The molecule has 4 nitrogen and oxygen atoms in total. The standard InChI is InChI=1S/C19H26N4/c1-2-23(19-18(20)9-6-12-21-19)17-10-13-22(14-11-17)15-16-7-4-3-5-8-16/h3-9,12,17H,2,10-11,13-15,20H2,1H3. The average molecular weight is 310 g/mol. The van der Waals surface area contributed by atoms with Crippen LogP contribution in [0.15, 0.2) is 48.7 Å². The van der Waals surface area contributed by atoms with E-state index in [1.54, 1.807) is 0 Å². The zero-order valence-electron chi connectivity index (χ0n) is 13.9. The second kappa shape index (κ2) is 7.47. The molecule has 0 amide bonds. The van der Waals surface area contributed by atoms with Crippen molar-refractivity contribution in [3.8, 4) is 0 Å². The Morgan fingerprint density at radius 2 is 1.87 bits per heavy atom. The minimum absolute atomic E-state index is 0.532. The van der Waals surface area contributed by atoms with Crippen LogP contribution >= 0.6 is 0 Å². The number of rotatable bonds is 5. The Morgan fingerprint density at radius 3 is 2.52 bits per heavy atom. The summed E-state index contributed by atoms with van der Waals surface area (Å²) in [5.41, 5.74) is 8.29. The first-order valence-corrected chi connectivity index (χ1v) is 8.51. The zero-order valence-corrected chi connectivity index (χ0v) is 13.9. The Morgan fingerprint density at radius 1 is 1.13 bits per heavy atom. The van der Waals surface area contributed by atoms with Crippen molar-refractivity contribution < 1.29 is 0 Å². The molecule has 4 heteroatoms. The highest BCUT2D eigenvalue weighted by Crippen LogP contribution is 2.26. The average Bonchev–Trinajstić information content (AvgIpc) is 2.59. The van der Waals surface area contributed by atoms with Gasteiger partial charge in [-0.05, 0) is 37.5 Å². The molecule has 2 N–H and O–H groups in total. The molecule has 0 atom stereocenters. The molecule has 1 aromatic heterocycles. The summed E-state index contributed by atoms with van der Waals surface area (Å²) in [5.74, 6) is 0.941. The van der Waals surface area contributed by atoms with Gasteiger partial charge in [0.1, 0.15) is 0 Å². The van der Waals surface area contributed by atoms with Crippen molar-refractivity contribution in [3.05, 3.63) is 54.2 Å². The number of aromatic nitrogens is 1. The van der Waals surface area contributed by atoms with E-state index in [1.165, 1.54) is 5.56 Å². The fourth-order valence-electron chi connectivity index (χ4n) is 3.46. The summed E-state index contributed by atoms with van der Waals surface area (Å²) < 4.78 is 0. The smallest absolute Gasteiger partial charge is 0.151 e. The summed E-state index contributed by atoms with van der Waals surface area (Å²) in [7, 11) is 0. The van der Waals surface area contributed by atoms with Crippen LogP contribution in [-0.4, -0.2) is 35.6 Å². The first kappa shape index (κ1) is 15.8. The highest BCUT2D eigenvalue weighted by atomic mass is 15.2. The van der Waals surface area contributed by atoms with E-state index in [-0.39, 0.29) is 0 Å². The molecule has 1 saturated heterocycles. The Balaban J connectivity index is 1.60. The molecule has 0 unspecified atom stereocenters. The number of nitrogens with zero attached hydrogens (tertiary/aromatic N) is 3. The van der Waals surface area contributed by atoms with Crippen LogP contribution in [-0.2, 0) is 6.54 Å². The van der Waals surface area contributed by atoms with Crippen LogP contribution in [0.25, 0.3) is 0 Å². The largest absolute Gasteiger partial charge is 0.396 e. The maximum atomic E-state index is 6.12. The van der Waals surface area contributed by atoms with E-state index in [1.807, 2.05) is 18.3 Å². The normalized spacial score (nSPS) is 16.4. The monoisotopic (exact) mass is 310 g/mol. The van der Waals surface area contributed by atoms with E-state index in [9.17, 15) is 0 Å². The number of pyridine rings is 1. The van der Waals surface area contributed by atoms with Crippen LogP contribution in [0.1, 0.15) is 25.3 Å². The van der Waals surface area contributed by atoms with Crippen molar-refractivity contribution in [1.29, 1.82) is 0 Å². The zero-order chi connectivity index (χ0) is 16.1. The predicted molar refractivity (Wildman–Crippen MR) is 96.4 cm³/mol. The Bertz CT molecular complexity index is 606. The van der Waals surface area contributed by atoms with Crippen molar-refractivity contribution >= 4 is 11.5 Å². The fourth-order valence-corrected chi connectivity index (χ4v) is 3.46. The molecule has 0 saturated carbocycles. The van der Waals surface area contributed by atoms with Gasteiger partial charge in [0.05, 0.1) is 5.69 Å². The number of hydrogen-bond acceptors (Lipinski definition) is 4. The van der Waals surface area contributed by atoms with Crippen LogP contribution in [0, 0.1) is 0 Å². The Hall–Kier alpha value is -2.07. The lowest BCUT2D eigenvalue weighted by molar-refractivity contribution is 0.201. The van der Waals surface area contributed by atoms with Gasteiger partial charge >= 0.3 is 0 Å². The third-order valence-corrected chi connectivity index (χ3v) is 4.68.